The molecule has 3 aromatic rings. The second-order valence-corrected chi connectivity index (χ2v) is 7.11. The van der Waals surface area contributed by atoms with E-state index in [0.29, 0.717) is 19.1 Å². The number of ether oxygens (including phenoxy) is 1. The molecule has 0 unspecified atom stereocenters. The van der Waals surface area contributed by atoms with Crippen molar-refractivity contribution in [2.45, 2.75) is 39.7 Å². The van der Waals surface area contributed by atoms with Gasteiger partial charge in [0.2, 0.25) is 5.91 Å². The van der Waals surface area contributed by atoms with Crippen molar-refractivity contribution in [2.75, 3.05) is 13.2 Å². The van der Waals surface area contributed by atoms with E-state index in [2.05, 4.69) is 37.9 Å². The van der Waals surface area contributed by atoms with Crippen molar-refractivity contribution >= 4 is 27.7 Å². The van der Waals surface area contributed by atoms with Crippen LogP contribution in [-0.4, -0.2) is 29.7 Å². The van der Waals surface area contributed by atoms with Crippen LogP contribution in [0.25, 0.3) is 21.8 Å². The number of nitrogens with one attached hydrogen (secondary N) is 1. The average molecular weight is 364 g/mol. The molecule has 0 radical (unpaired) electrons. The monoisotopic (exact) mass is 364 g/mol. The summed E-state index contributed by atoms with van der Waals surface area (Å²) in [6.45, 7) is 11.3. The van der Waals surface area contributed by atoms with Gasteiger partial charge in [-0.3, -0.25) is 9.36 Å². The topological polar surface area (TPSA) is 43.3 Å². The van der Waals surface area contributed by atoms with Gasteiger partial charge in [0, 0.05) is 29.3 Å². The van der Waals surface area contributed by atoms with Crippen LogP contribution in [0.5, 0.6) is 5.75 Å². The molecular weight excluding hydrogens is 336 g/mol. The van der Waals surface area contributed by atoms with Crippen LogP contribution < -0.4 is 10.1 Å². The molecule has 0 saturated heterocycles. The molecule has 0 aliphatic rings. The average Bonchev–Trinajstić information content (AvgIpc) is 2.97. The summed E-state index contributed by atoms with van der Waals surface area (Å²) in [4.78, 5) is 12.5. The van der Waals surface area contributed by atoms with Gasteiger partial charge in [-0.1, -0.05) is 38.1 Å². The van der Waals surface area contributed by atoms with Crippen LogP contribution in [0, 0.1) is 0 Å². The summed E-state index contributed by atoms with van der Waals surface area (Å²) in [5, 5.41) is 5.56. The van der Waals surface area contributed by atoms with Crippen LogP contribution in [0.3, 0.4) is 0 Å². The lowest BCUT2D eigenvalue weighted by molar-refractivity contribution is 0.0946. The van der Waals surface area contributed by atoms with Crippen molar-refractivity contribution in [3.63, 3.8) is 0 Å². The first-order chi connectivity index (χ1) is 13.0. The smallest absolute Gasteiger partial charge is 0.228 e. The first-order valence-electron chi connectivity index (χ1n) is 9.57. The number of allylic oxidation sites excluding steroid dienone is 1. The third kappa shape index (κ3) is 3.91. The maximum Gasteiger partial charge on any atom is 0.228 e. The summed E-state index contributed by atoms with van der Waals surface area (Å²) in [7, 11) is 0. The quantitative estimate of drug-likeness (QED) is 0.454. The Bertz CT molecular complexity index is 969. The molecule has 1 aromatic heterocycles. The first kappa shape index (κ1) is 19.2. The number of para-hydroxylation sites is 1. The van der Waals surface area contributed by atoms with Crippen molar-refractivity contribution in [2.24, 2.45) is 0 Å². The van der Waals surface area contributed by atoms with Crippen molar-refractivity contribution in [3.05, 3.63) is 54.6 Å². The standard InChI is InChI=1S/C23H28N2O2/c1-5-9-20-22(27-15-8-14-24-16(2)3)13-12-19-18-10-6-7-11-21(18)25(17(4)26)23(19)20/h5-7,10-13,16,24H,1,8-9,14-15H2,2-4H3. The molecule has 0 aliphatic heterocycles. The zero-order valence-electron chi connectivity index (χ0n) is 16.4. The van der Waals surface area contributed by atoms with Gasteiger partial charge in [-0.2, -0.15) is 0 Å². The predicted octanol–water partition coefficient (Wildman–Crippen LogP) is 4.95. The van der Waals surface area contributed by atoms with Gasteiger partial charge in [0.25, 0.3) is 0 Å². The number of hydrogen-bond donors (Lipinski definition) is 1. The third-order valence-corrected chi connectivity index (χ3v) is 4.69. The minimum Gasteiger partial charge on any atom is -0.493 e. The van der Waals surface area contributed by atoms with E-state index in [9.17, 15) is 4.79 Å². The van der Waals surface area contributed by atoms with Crippen LogP contribution in [0.15, 0.2) is 49.1 Å². The molecule has 0 saturated carbocycles. The Morgan fingerprint density at radius 3 is 2.70 bits per heavy atom. The fraction of sp³-hybridized carbons (Fsp3) is 0.348. The molecule has 0 spiro atoms. The summed E-state index contributed by atoms with van der Waals surface area (Å²) in [5.74, 6) is 0.835. The van der Waals surface area contributed by atoms with Gasteiger partial charge in [-0.05, 0) is 37.6 Å². The predicted molar refractivity (Wildman–Crippen MR) is 113 cm³/mol. The molecule has 0 aliphatic carbocycles. The summed E-state index contributed by atoms with van der Waals surface area (Å²) < 4.78 is 7.90. The number of nitrogens with zero attached hydrogens (tertiary/aromatic N) is 1. The van der Waals surface area contributed by atoms with Gasteiger partial charge in [0.15, 0.2) is 0 Å². The number of rotatable bonds is 8. The van der Waals surface area contributed by atoms with E-state index in [-0.39, 0.29) is 5.91 Å². The highest BCUT2D eigenvalue weighted by Gasteiger charge is 2.18. The third-order valence-electron chi connectivity index (χ3n) is 4.69. The summed E-state index contributed by atoms with van der Waals surface area (Å²) in [5.41, 5.74) is 2.88. The Kier molecular flexibility index (Phi) is 5.97. The molecule has 0 fully saturated rings. The van der Waals surface area contributed by atoms with Crippen molar-refractivity contribution in [1.82, 2.24) is 9.88 Å². The van der Waals surface area contributed by atoms with E-state index >= 15 is 0 Å². The molecule has 142 valence electrons. The Hall–Kier alpha value is -2.59. The number of benzene rings is 2. The Morgan fingerprint density at radius 1 is 1.22 bits per heavy atom. The van der Waals surface area contributed by atoms with Gasteiger partial charge >= 0.3 is 0 Å². The van der Waals surface area contributed by atoms with Crippen LogP contribution in [-0.2, 0) is 6.42 Å². The van der Waals surface area contributed by atoms with E-state index in [4.69, 9.17) is 4.74 Å². The Balaban J connectivity index is 2.04. The molecule has 4 nitrogen and oxygen atoms in total. The Labute approximate surface area is 160 Å². The molecule has 4 heteroatoms. The zero-order chi connectivity index (χ0) is 19.4. The van der Waals surface area contributed by atoms with Gasteiger partial charge in [-0.15, -0.1) is 6.58 Å². The maximum absolute atomic E-state index is 12.5. The normalized spacial score (nSPS) is 11.4. The van der Waals surface area contributed by atoms with E-state index in [1.165, 1.54) is 0 Å². The SMILES string of the molecule is C=CCc1c(OCCCNC(C)C)ccc2c3ccccc3n(C(C)=O)c12. The molecule has 1 heterocycles. The second-order valence-electron chi connectivity index (χ2n) is 7.11. The second kappa shape index (κ2) is 8.40. The van der Waals surface area contributed by atoms with Crippen LogP contribution in [0.4, 0.5) is 0 Å². The molecule has 0 amide bonds. The van der Waals surface area contributed by atoms with E-state index in [1.54, 1.807) is 11.5 Å². The molecular formula is C23H28N2O2. The van der Waals surface area contributed by atoms with Crippen LogP contribution in [0.1, 0.15) is 37.6 Å². The van der Waals surface area contributed by atoms with Crippen molar-refractivity contribution in [1.29, 1.82) is 0 Å². The summed E-state index contributed by atoms with van der Waals surface area (Å²) in [6, 6.07) is 12.6. The van der Waals surface area contributed by atoms with Gasteiger partial charge in [-0.25, -0.2) is 0 Å². The van der Waals surface area contributed by atoms with Crippen LogP contribution >= 0.6 is 0 Å². The van der Waals surface area contributed by atoms with E-state index in [0.717, 1.165) is 46.1 Å². The van der Waals surface area contributed by atoms with Gasteiger partial charge in [0.05, 0.1) is 17.6 Å². The Morgan fingerprint density at radius 2 is 2.00 bits per heavy atom. The van der Waals surface area contributed by atoms with Crippen molar-refractivity contribution < 1.29 is 9.53 Å². The lowest BCUT2D eigenvalue weighted by atomic mass is 10.1. The minimum absolute atomic E-state index is 0.00444. The zero-order valence-corrected chi connectivity index (χ0v) is 16.4. The maximum atomic E-state index is 12.5. The molecule has 1 N–H and O–H groups in total. The number of aromatic nitrogens is 1. The van der Waals surface area contributed by atoms with E-state index in [1.807, 2.05) is 30.3 Å². The fourth-order valence-corrected chi connectivity index (χ4v) is 3.56. The largest absolute Gasteiger partial charge is 0.493 e. The lowest BCUT2D eigenvalue weighted by Gasteiger charge is -2.14. The molecule has 27 heavy (non-hydrogen) atoms. The number of carbonyl (C=O) groups is 1. The molecule has 0 bridgehead atoms. The van der Waals surface area contributed by atoms with Crippen molar-refractivity contribution in [3.8, 4) is 5.75 Å². The highest BCUT2D eigenvalue weighted by atomic mass is 16.5. The number of hydrogen-bond acceptors (Lipinski definition) is 3. The highest BCUT2D eigenvalue weighted by Crippen LogP contribution is 2.36. The molecule has 2 aromatic carbocycles. The number of carbonyl (C=O) groups excluding carboxylic acids is 1. The summed E-state index contributed by atoms with van der Waals surface area (Å²) >= 11 is 0. The fourth-order valence-electron chi connectivity index (χ4n) is 3.56. The molecule has 3 rings (SSSR count). The van der Waals surface area contributed by atoms with E-state index < -0.39 is 0 Å². The first-order valence-corrected chi connectivity index (χ1v) is 9.57. The van der Waals surface area contributed by atoms with Gasteiger partial charge in [0.1, 0.15) is 5.75 Å². The lowest BCUT2D eigenvalue weighted by Crippen LogP contribution is -2.24. The number of fused-ring (bicyclic) bond motifs is 3. The highest BCUT2D eigenvalue weighted by molar-refractivity contribution is 6.14. The molecule has 0 atom stereocenters. The van der Waals surface area contributed by atoms with Gasteiger partial charge < -0.3 is 10.1 Å². The van der Waals surface area contributed by atoms with Crippen LogP contribution in [0.2, 0.25) is 0 Å². The summed E-state index contributed by atoms with van der Waals surface area (Å²) in [6.07, 6.45) is 3.45. The minimum atomic E-state index is 0.00444.